The first-order valence-electron chi connectivity index (χ1n) is 8.64. The second-order valence-electron chi connectivity index (χ2n) is 5.73. The van der Waals surface area contributed by atoms with Gasteiger partial charge in [-0.25, -0.2) is 0 Å². The minimum Gasteiger partial charge on any atom is 0 e. The van der Waals surface area contributed by atoms with Crippen molar-refractivity contribution in [2.24, 2.45) is 0 Å². The number of rotatable bonds is 15. The van der Waals surface area contributed by atoms with Crippen LogP contribution in [0.2, 0.25) is 0 Å². The average Bonchev–Trinajstić information content (AvgIpc) is 2.43. The third-order valence-electron chi connectivity index (χ3n) is 3.65. The number of unbranched alkanes of at least 4 members (excludes halogenated alkanes) is 11. The van der Waals surface area contributed by atoms with Crippen molar-refractivity contribution in [3.63, 3.8) is 0 Å². The molecule has 0 spiro atoms. The molecule has 4 heteroatoms. The van der Waals surface area contributed by atoms with E-state index in [2.05, 4.69) is 19.1 Å². The number of hydrogen-bond donors (Lipinski definition) is 1. The van der Waals surface area contributed by atoms with Crippen molar-refractivity contribution in [2.45, 2.75) is 96.8 Å². The van der Waals surface area contributed by atoms with Crippen molar-refractivity contribution in [3.05, 3.63) is 12.2 Å². The van der Waals surface area contributed by atoms with Crippen LogP contribution in [0, 0.1) is 0 Å². The topological polar surface area (TPSA) is 37.3 Å². The average molecular weight is 380 g/mol. The molecule has 22 heavy (non-hydrogen) atoms. The van der Waals surface area contributed by atoms with Crippen molar-refractivity contribution < 1.29 is 27.0 Å². The van der Waals surface area contributed by atoms with Crippen LogP contribution in [-0.4, -0.2) is 48.8 Å². The summed E-state index contributed by atoms with van der Waals surface area (Å²) in [7, 11) is 0. The first-order valence-corrected chi connectivity index (χ1v) is 8.64. The quantitative estimate of drug-likeness (QED) is 0.241. The second kappa shape index (κ2) is 24.2. The largest absolute Gasteiger partial charge is 0 e. The van der Waals surface area contributed by atoms with Crippen LogP contribution in [0.5, 0.6) is 0 Å². The first-order chi connectivity index (χ1) is 9.77. The van der Waals surface area contributed by atoms with E-state index in [1.165, 1.54) is 70.6 Å². The van der Waals surface area contributed by atoms with E-state index in [0.717, 1.165) is 12.8 Å². The Bertz CT molecular complexity index is 245. The molecule has 0 amide bonds. The molecule has 0 rings (SSSR count). The Balaban J connectivity index is -0.00000180. The van der Waals surface area contributed by atoms with Gasteiger partial charge in [0.05, 0.1) is 0 Å². The van der Waals surface area contributed by atoms with Gasteiger partial charge in [-0.15, -0.1) is 0 Å². The summed E-state index contributed by atoms with van der Waals surface area (Å²) < 4.78 is 0. The van der Waals surface area contributed by atoms with Crippen molar-refractivity contribution in [3.8, 4) is 0 Å². The van der Waals surface area contributed by atoms with Gasteiger partial charge in [0.15, 0.2) is 0 Å². The van der Waals surface area contributed by atoms with Crippen molar-refractivity contribution in [2.75, 3.05) is 0 Å². The number of carbonyl (C=O) groups is 1. The Kier molecular flexibility index (Phi) is 30.7. The third-order valence-corrected chi connectivity index (χ3v) is 3.65. The molecule has 130 valence electrons. The fraction of sp³-hybridized carbons (Fsp3) is 0.833. The SMILES string of the molecule is CCCCCCCCC=CCCCCCCCC(=O)O.[CaH2].[Fe]. The van der Waals surface area contributed by atoms with Crippen molar-refractivity contribution in [1.82, 2.24) is 0 Å². The summed E-state index contributed by atoms with van der Waals surface area (Å²) >= 11 is 0. The minimum atomic E-state index is -0.664. The van der Waals surface area contributed by atoms with E-state index in [1.54, 1.807) is 0 Å². The van der Waals surface area contributed by atoms with Crippen molar-refractivity contribution in [1.29, 1.82) is 0 Å². The Morgan fingerprint density at radius 1 is 0.773 bits per heavy atom. The van der Waals surface area contributed by atoms with Gasteiger partial charge >= 0.3 is 43.7 Å². The van der Waals surface area contributed by atoms with E-state index >= 15 is 0 Å². The maximum absolute atomic E-state index is 10.3. The van der Waals surface area contributed by atoms with Gasteiger partial charge in [-0.2, -0.15) is 0 Å². The van der Waals surface area contributed by atoms with E-state index in [0.29, 0.717) is 6.42 Å². The summed E-state index contributed by atoms with van der Waals surface area (Å²) in [5.74, 6) is -0.664. The Labute approximate surface area is 178 Å². The summed E-state index contributed by atoms with van der Waals surface area (Å²) in [5, 5.41) is 8.51. The van der Waals surface area contributed by atoms with Crippen LogP contribution < -0.4 is 0 Å². The smallest absolute Gasteiger partial charge is 0 e. The number of carboxylic acids is 1. The molecule has 0 aromatic rings. The summed E-state index contributed by atoms with van der Waals surface area (Å²) in [6.07, 6.45) is 21.2. The molecule has 0 heterocycles. The van der Waals surface area contributed by atoms with Gasteiger partial charge in [0, 0.05) is 23.5 Å². The molecule has 0 aromatic heterocycles. The van der Waals surface area contributed by atoms with E-state index < -0.39 is 5.97 Å². The van der Waals surface area contributed by atoms with E-state index in [-0.39, 0.29) is 54.8 Å². The zero-order valence-corrected chi connectivity index (χ0v) is 14.9. The van der Waals surface area contributed by atoms with Gasteiger partial charge in [-0.05, 0) is 32.1 Å². The van der Waals surface area contributed by atoms with Crippen LogP contribution >= 0.6 is 0 Å². The molecule has 0 aliphatic rings. The van der Waals surface area contributed by atoms with Crippen LogP contribution in [0.15, 0.2) is 12.2 Å². The molecule has 0 aliphatic carbocycles. The van der Waals surface area contributed by atoms with Crippen LogP contribution in [0.4, 0.5) is 0 Å². The molecule has 0 aromatic carbocycles. The Morgan fingerprint density at radius 3 is 1.64 bits per heavy atom. The molecule has 0 radical (unpaired) electrons. The molecule has 0 unspecified atom stereocenters. The standard InChI is InChI=1S/C18H34O2.Ca.Fe.2H/c1-2-3-4-5-6-7-8-9-10-11-12-13-14-15-16-17-18(19)20;;;;/h9-10H,2-8,11-17H2,1H3,(H,19,20);;;;. The fourth-order valence-corrected chi connectivity index (χ4v) is 2.35. The molecule has 2 nitrogen and oxygen atoms in total. The zero-order valence-electron chi connectivity index (χ0n) is 13.8. The van der Waals surface area contributed by atoms with Gasteiger partial charge in [-0.3, -0.25) is 4.79 Å². The molecule has 0 saturated carbocycles. The maximum Gasteiger partial charge on any atom is 0 e. The molecule has 0 fully saturated rings. The summed E-state index contributed by atoms with van der Waals surface area (Å²) in [6, 6.07) is 0. The third kappa shape index (κ3) is 25.9. The van der Waals surface area contributed by atoms with Gasteiger partial charge in [0.2, 0.25) is 0 Å². The molecular weight excluding hydrogens is 344 g/mol. The number of allylic oxidation sites excluding steroid dienone is 2. The zero-order chi connectivity index (χ0) is 14.9. The van der Waals surface area contributed by atoms with E-state index in [1.807, 2.05) is 0 Å². The van der Waals surface area contributed by atoms with Gasteiger partial charge in [0.25, 0.3) is 0 Å². The fourth-order valence-electron chi connectivity index (χ4n) is 2.35. The van der Waals surface area contributed by atoms with E-state index in [9.17, 15) is 4.79 Å². The van der Waals surface area contributed by atoms with Gasteiger partial charge in [-0.1, -0.05) is 70.4 Å². The number of carboxylic acid groups (broad SMARTS) is 1. The molecular formula is C18H36CaFeO2. The number of aliphatic carboxylic acids is 1. The summed E-state index contributed by atoms with van der Waals surface area (Å²) in [5.41, 5.74) is 0. The Hall–Kier alpha value is 0.989. The van der Waals surface area contributed by atoms with Crippen LogP contribution in [0.25, 0.3) is 0 Å². The monoisotopic (exact) mass is 380 g/mol. The van der Waals surface area contributed by atoms with Crippen LogP contribution in [0.3, 0.4) is 0 Å². The first kappa shape index (κ1) is 27.8. The van der Waals surface area contributed by atoms with Gasteiger partial charge < -0.3 is 5.11 Å². The normalized spacial score (nSPS) is 10.2. The van der Waals surface area contributed by atoms with Crippen LogP contribution in [-0.2, 0) is 21.9 Å². The molecule has 1 N–H and O–H groups in total. The minimum absolute atomic E-state index is 0. The predicted octanol–water partition coefficient (Wildman–Crippen LogP) is 5.19. The van der Waals surface area contributed by atoms with Crippen molar-refractivity contribution >= 4 is 43.7 Å². The number of hydrogen-bond acceptors (Lipinski definition) is 1. The Morgan fingerprint density at radius 2 is 1.18 bits per heavy atom. The van der Waals surface area contributed by atoms with Crippen LogP contribution in [0.1, 0.15) is 96.8 Å². The summed E-state index contributed by atoms with van der Waals surface area (Å²) in [4.78, 5) is 10.3. The van der Waals surface area contributed by atoms with E-state index in [4.69, 9.17) is 5.11 Å². The maximum atomic E-state index is 10.3. The summed E-state index contributed by atoms with van der Waals surface area (Å²) in [6.45, 7) is 2.26. The molecule has 0 atom stereocenters. The molecule has 0 saturated heterocycles. The van der Waals surface area contributed by atoms with Gasteiger partial charge in [0.1, 0.15) is 0 Å². The molecule has 0 aliphatic heterocycles. The predicted molar refractivity (Wildman–Crippen MR) is 95.6 cm³/mol. The molecule has 0 bridgehead atoms. The second-order valence-corrected chi connectivity index (χ2v) is 5.73.